The molecular weight excluding hydrogens is 260 g/mol. The van der Waals surface area contributed by atoms with E-state index in [2.05, 4.69) is 10.4 Å². The molecule has 7 heteroatoms. The molecule has 20 heavy (non-hydrogen) atoms. The average molecular weight is 278 g/mol. The van der Waals surface area contributed by atoms with Crippen molar-refractivity contribution >= 4 is 11.9 Å². The predicted octanol–water partition coefficient (Wildman–Crippen LogP) is -0.245. The number of amides is 1. The lowest BCUT2D eigenvalue weighted by Crippen LogP contribution is -2.41. The first-order valence-corrected chi connectivity index (χ1v) is 6.89. The maximum atomic E-state index is 12.6. The minimum Gasteiger partial charge on any atom is -0.480 e. The summed E-state index contributed by atoms with van der Waals surface area (Å²) in [6.45, 7) is 1.99. The number of fused-ring (bicyclic) bond motifs is 1. The van der Waals surface area contributed by atoms with E-state index in [0.29, 0.717) is 25.2 Å². The van der Waals surface area contributed by atoms with E-state index in [-0.39, 0.29) is 5.91 Å². The van der Waals surface area contributed by atoms with Gasteiger partial charge in [-0.05, 0) is 12.8 Å². The number of aliphatic carboxylic acids is 1. The Morgan fingerprint density at radius 2 is 2.25 bits per heavy atom. The van der Waals surface area contributed by atoms with E-state index < -0.39 is 12.0 Å². The summed E-state index contributed by atoms with van der Waals surface area (Å²) in [6, 6.07) is -0.711. The van der Waals surface area contributed by atoms with Gasteiger partial charge in [0.1, 0.15) is 6.04 Å². The van der Waals surface area contributed by atoms with Crippen molar-refractivity contribution in [3.63, 3.8) is 0 Å². The Labute approximate surface area is 116 Å². The van der Waals surface area contributed by atoms with E-state index in [9.17, 15) is 14.7 Å². The maximum absolute atomic E-state index is 12.6. The van der Waals surface area contributed by atoms with Crippen molar-refractivity contribution in [3.05, 3.63) is 17.0 Å². The van der Waals surface area contributed by atoms with Crippen LogP contribution in [-0.2, 0) is 24.8 Å². The van der Waals surface area contributed by atoms with E-state index in [4.69, 9.17) is 0 Å². The van der Waals surface area contributed by atoms with Gasteiger partial charge >= 0.3 is 5.97 Å². The second kappa shape index (κ2) is 4.90. The van der Waals surface area contributed by atoms with Gasteiger partial charge < -0.3 is 15.3 Å². The monoisotopic (exact) mass is 278 g/mol. The molecule has 2 N–H and O–H groups in total. The van der Waals surface area contributed by atoms with Crippen molar-refractivity contribution in [3.8, 4) is 0 Å². The Hall–Kier alpha value is -1.89. The highest BCUT2D eigenvalue weighted by Crippen LogP contribution is 2.24. The molecule has 3 heterocycles. The third kappa shape index (κ3) is 1.98. The lowest BCUT2D eigenvalue weighted by atomic mass is 10.1. The van der Waals surface area contributed by atoms with Gasteiger partial charge in [0.15, 0.2) is 5.69 Å². The number of aryl methyl sites for hydroxylation is 1. The molecule has 3 rings (SSSR count). The van der Waals surface area contributed by atoms with Crippen LogP contribution in [0.4, 0.5) is 0 Å². The molecular formula is C13H18N4O3. The molecule has 0 saturated carbocycles. The number of carboxylic acid groups (broad SMARTS) is 1. The topological polar surface area (TPSA) is 87.5 Å². The number of likely N-dealkylation sites (tertiary alicyclic amines) is 1. The van der Waals surface area contributed by atoms with Gasteiger partial charge in [0.2, 0.25) is 0 Å². The largest absolute Gasteiger partial charge is 0.480 e. The first-order valence-electron chi connectivity index (χ1n) is 6.89. The highest BCUT2D eigenvalue weighted by atomic mass is 16.4. The van der Waals surface area contributed by atoms with Crippen LogP contribution < -0.4 is 5.32 Å². The van der Waals surface area contributed by atoms with Gasteiger partial charge in [-0.3, -0.25) is 9.48 Å². The number of aromatic nitrogens is 2. The molecule has 1 saturated heterocycles. The highest BCUT2D eigenvalue weighted by Gasteiger charge is 2.37. The summed E-state index contributed by atoms with van der Waals surface area (Å²) in [4.78, 5) is 25.3. The summed E-state index contributed by atoms with van der Waals surface area (Å²) in [5.41, 5.74) is 2.39. The van der Waals surface area contributed by atoms with Crippen LogP contribution >= 0.6 is 0 Å². The van der Waals surface area contributed by atoms with Crippen LogP contribution in [0.3, 0.4) is 0 Å². The summed E-state index contributed by atoms with van der Waals surface area (Å²) >= 11 is 0. The first kappa shape index (κ1) is 13.1. The minimum atomic E-state index is -0.932. The summed E-state index contributed by atoms with van der Waals surface area (Å²) in [5, 5.41) is 16.7. The fourth-order valence-electron chi connectivity index (χ4n) is 3.10. The van der Waals surface area contributed by atoms with Crippen molar-refractivity contribution in [1.29, 1.82) is 0 Å². The fourth-order valence-corrected chi connectivity index (χ4v) is 3.10. The third-order valence-electron chi connectivity index (χ3n) is 4.12. The standard InChI is InChI=1S/C13H18N4O3/c1-16-9-4-5-14-7-8(9)11(15-16)12(18)17-6-2-3-10(17)13(19)20/h10,14H,2-7H2,1H3,(H,19,20). The quantitative estimate of drug-likeness (QED) is 0.779. The van der Waals surface area contributed by atoms with E-state index in [1.807, 2.05) is 7.05 Å². The van der Waals surface area contributed by atoms with E-state index >= 15 is 0 Å². The Morgan fingerprint density at radius 3 is 3.00 bits per heavy atom. The van der Waals surface area contributed by atoms with Crippen LogP contribution in [0.25, 0.3) is 0 Å². The van der Waals surface area contributed by atoms with Crippen LogP contribution in [0, 0.1) is 0 Å². The molecule has 1 aromatic rings. The van der Waals surface area contributed by atoms with Gasteiger partial charge in [-0.2, -0.15) is 5.10 Å². The molecule has 0 aromatic carbocycles. The molecule has 0 bridgehead atoms. The molecule has 1 atom stereocenters. The van der Waals surface area contributed by atoms with Gasteiger partial charge in [-0.25, -0.2) is 4.79 Å². The van der Waals surface area contributed by atoms with Crippen molar-refractivity contribution in [1.82, 2.24) is 20.0 Å². The summed E-state index contributed by atoms with van der Waals surface area (Å²) in [5.74, 6) is -1.19. The SMILES string of the molecule is Cn1nc(C(=O)N2CCCC2C(=O)O)c2c1CCNC2. The number of hydrogen-bond donors (Lipinski definition) is 2. The maximum Gasteiger partial charge on any atom is 0.326 e. The molecule has 0 radical (unpaired) electrons. The fraction of sp³-hybridized carbons (Fsp3) is 0.615. The predicted molar refractivity (Wildman–Crippen MR) is 70.3 cm³/mol. The third-order valence-corrected chi connectivity index (χ3v) is 4.12. The zero-order valence-electron chi connectivity index (χ0n) is 11.4. The van der Waals surface area contributed by atoms with E-state index in [1.165, 1.54) is 4.90 Å². The zero-order valence-corrected chi connectivity index (χ0v) is 11.4. The Bertz CT molecular complexity index is 566. The Morgan fingerprint density at radius 1 is 1.45 bits per heavy atom. The van der Waals surface area contributed by atoms with Crippen molar-refractivity contribution in [2.75, 3.05) is 13.1 Å². The van der Waals surface area contributed by atoms with Crippen molar-refractivity contribution in [2.24, 2.45) is 7.05 Å². The van der Waals surface area contributed by atoms with Crippen LogP contribution in [0.5, 0.6) is 0 Å². The molecule has 0 spiro atoms. The number of carboxylic acids is 1. The normalized spacial score (nSPS) is 21.9. The average Bonchev–Trinajstić information content (AvgIpc) is 3.04. The summed E-state index contributed by atoms with van der Waals surface area (Å²) in [6.07, 6.45) is 2.10. The minimum absolute atomic E-state index is 0.254. The number of hydrogen-bond acceptors (Lipinski definition) is 4. The highest BCUT2D eigenvalue weighted by molar-refractivity contribution is 5.96. The molecule has 108 valence electrons. The smallest absolute Gasteiger partial charge is 0.326 e. The number of nitrogens with one attached hydrogen (secondary N) is 1. The second-order valence-corrected chi connectivity index (χ2v) is 5.32. The van der Waals surface area contributed by atoms with Crippen molar-refractivity contribution < 1.29 is 14.7 Å². The van der Waals surface area contributed by atoms with Crippen LogP contribution in [0.15, 0.2) is 0 Å². The van der Waals surface area contributed by atoms with Crippen LogP contribution in [-0.4, -0.2) is 50.8 Å². The van der Waals surface area contributed by atoms with Crippen LogP contribution in [0.2, 0.25) is 0 Å². The second-order valence-electron chi connectivity index (χ2n) is 5.32. The van der Waals surface area contributed by atoms with Gasteiger partial charge in [0.25, 0.3) is 5.91 Å². The number of carbonyl (C=O) groups is 2. The molecule has 1 fully saturated rings. The summed E-state index contributed by atoms with van der Waals surface area (Å²) in [7, 11) is 1.83. The number of carbonyl (C=O) groups excluding carboxylic acids is 1. The van der Waals surface area contributed by atoms with Crippen LogP contribution in [0.1, 0.15) is 34.6 Å². The number of rotatable bonds is 2. The molecule has 2 aliphatic rings. The lowest BCUT2D eigenvalue weighted by molar-refractivity contribution is -0.141. The lowest BCUT2D eigenvalue weighted by Gasteiger charge is -2.21. The zero-order chi connectivity index (χ0) is 14.3. The molecule has 1 aromatic heterocycles. The van der Waals surface area contributed by atoms with Gasteiger partial charge in [-0.15, -0.1) is 0 Å². The first-order chi connectivity index (χ1) is 9.59. The Balaban J connectivity index is 1.93. The molecule has 1 amide bonds. The van der Waals surface area contributed by atoms with Gasteiger partial charge in [-0.1, -0.05) is 0 Å². The molecule has 1 unspecified atom stereocenters. The molecule has 0 aliphatic carbocycles. The number of nitrogens with zero attached hydrogens (tertiary/aromatic N) is 3. The Kier molecular flexibility index (Phi) is 3.21. The molecule has 7 nitrogen and oxygen atoms in total. The molecule has 2 aliphatic heterocycles. The summed E-state index contributed by atoms with van der Waals surface area (Å²) < 4.78 is 1.75. The van der Waals surface area contributed by atoms with E-state index in [1.54, 1.807) is 4.68 Å². The van der Waals surface area contributed by atoms with Gasteiger partial charge in [0, 0.05) is 44.4 Å². The van der Waals surface area contributed by atoms with E-state index in [0.717, 1.165) is 30.6 Å². The van der Waals surface area contributed by atoms with Gasteiger partial charge in [0.05, 0.1) is 0 Å². The van der Waals surface area contributed by atoms with Crippen molar-refractivity contribution in [2.45, 2.75) is 31.8 Å².